The summed E-state index contributed by atoms with van der Waals surface area (Å²) < 4.78 is 1.28. The van der Waals surface area contributed by atoms with Gasteiger partial charge < -0.3 is 10.4 Å². The monoisotopic (exact) mass is 336 g/mol. The lowest BCUT2D eigenvalue weighted by Crippen LogP contribution is -2.06. The molecule has 0 saturated carbocycles. The third kappa shape index (κ3) is 2.70. The molecule has 112 valence electrons. The first kappa shape index (κ1) is 14.6. The highest BCUT2D eigenvalue weighted by Gasteiger charge is 2.13. The minimum absolute atomic E-state index is 0.00758. The average molecular weight is 337 g/mol. The normalized spacial score (nSPS) is 10.8. The standard InChI is InChI=1S/C14H10Cl2N4O2/c15-9-2-1-8(5-10(9)16)6-17-11-3-4-19-20-12(14(21)22)7-18-13(11)20/h1-5,7,17H,6H2,(H,21,22). The van der Waals surface area contributed by atoms with Gasteiger partial charge in [0.25, 0.3) is 0 Å². The van der Waals surface area contributed by atoms with Crippen LogP contribution in [0.4, 0.5) is 5.69 Å². The van der Waals surface area contributed by atoms with E-state index in [1.54, 1.807) is 18.2 Å². The molecule has 2 heterocycles. The number of nitrogens with zero attached hydrogens (tertiary/aromatic N) is 3. The van der Waals surface area contributed by atoms with Crippen molar-refractivity contribution in [1.29, 1.82) is 0 Å². The van der Waals surface area contributed by atoms with Crippen LogP contribution in [0.5, 0.6) is 0 Å². The number of carboxylic acid groups (broad SMARTS) is 1. The maximum Gasteiger partial charge on any atom is 0.356 e. The zero-order chi connectivity index (χ0) is 15.7. The van der Waals surface area contributed by atoms with Gasteiger partial charge in [-0.1, -0.05) is 29.3 Å². The van der Waals surface area contributed by atoms with Crippen molar-refractivity contribution in [3.63, 3.8) is 0 Å². The highest BCUT2D eigenvalue weighted by molar-refractivity contribution is 6.42. The van der Waals surface area contributed by atoms with Crippen LogP contribution in [0, 0.1) is 0 Å². The minimum Gasteiger partial charge on any atom is -0.476 e. The molecule has 22 heavy (non-hydrogen) atoms. The summed E-state index contributed by atoms with van der Waals surface area (Å²) in [4.78, 5) is 15.2. The minimum atomic E-state index is -1.08. The Morgan fingerprint density at radius 2 is 2.09 bits per heavy atom. The number of carbonyl (C=O) groups is 1. The van der Waals surface area contributed by atoms with E-state index in [2.05, 4.69) is 15.4 Å². The lowest BCUT2D eigenvalue weighted by Gasteiger charge is -2.08. The van der Waals surface area contributed by atoms with E-state index in [9.17, 15) is 4.79 Å². The van der Waals surface area contributed by atoms with Gasteiger partial charge >= 0.3 is 5.97 Å². The summed E-state index contributed by atoms with van der Waals surface area (Å²) in [6.07, 6.45) is 2.79. The van der Waals surface area contributed by atoms with Crippen LogP contribution in [0.2, 0.25) is 10.0 Å². The molecule has 0 bridgehead atoms. The highest BCUT2D eigenvalue weighted by Crippen LogP contribution is 2.23. The molecule has 0 aliphatic carbocycles. The van der Waals surface area contributed by atoms with E-state index in [4.69, 9.17) is 28.3 Å². The first-order valence-corrected chi connectivity index (χ1v) is 7.05. The van der Waals surface area contributed by atoms with Crippen LogP contribution in [0.3, 0.4) is 0 Å². The fraction of sp³-hybridized carbons (Fsp3) is 0.0714. The topological polar surface area (TPSA) is 79.5 Å². The molecule has 0 aliphatic heterocycles. The molecule has 0 radical (unpaired) electrons. The highest BCUT2D eigenvalue weighted by atomic mass is 35.5. The fourth-order valence-electron chi connectivity index (χ4n) is 2.03. The maximum atomic E-state index is 11.1. The van der Waals surface area contributed by atoms with Gasteiger partial charge in [-0.05, 0) is 23.8 Å². The van der Waals surface area contributed by atoms with Crippen molar-refractivity contribution in [2.75, 3.05) is 5.32 Å². The number of nitrogens with one attached hydrogen (secondary N) is 1. The van der Waals surface area contributed by atoms with Crippen LogP contribution in [0.25, 0.3) is 5.65 Å². The molecule has 2 N–H and O–H groups in total. The number of hydrogen-bond acceptors (Lipinski definition) is 4. The Bertz CT molecular complexity index is 863. The summed E-state index contributed by atoms with van der Waals surface area (Å²) in [5.41, 5.74) is 2.07. The number of aromatic carboxylic acids is 1. The second-order valence-electron chi connectivity index (χ2n) is 4.53. The summed E-state index contributed by atoms with van der Waals surface area (Å²) in [6, 6.07) is 7.07. The second kappa shape index (κ2) is 5.82. The zero-order valence-corrected chi connectivity index (χ0v) is 12.6. The number of fused-ring (bicyclic) bond motifs is 1. The van der Waals surface area contributed by atoms with Crippen molar-refractivity contribution < 1.29 is 9.90 Å². The fourth-order valence-corrected chi connectivity index (χ4v) is 2.35. The van der Waals surface area contributed by atoms with Crippen molar-refractivity contribution in [1.82, 2.24) is 14.6 Å². The quantitative estimate of drug-likeness (QED) is 0.763. The second-order valence-corrected chi connectivity index (χ2v) is 5.35. The molecular weight excluding hydrogens is 327 g/mol. The number of anilines is 1. The SMILES string of the molecule is O=C(O)c1cnc2c(NCc3ccc(Cl)c(Cl)c3)ccnn12. The smallest absolute Gasteiger partial charge is 0.356 e. The van der Waals surface area contributed by atoms with Crippen LogP contribution >= 0.6 is 23.2 Å². The van der Waals surface area contributed by atoms with Gasteiger partial charge in [-0.3, -0.25) is 0 Å². The van der Waals surface area contributed by atoms with E-state index >= 15 is 0 Å². The summed E-state index contributed by atoms with van der Waals surface area (Å²) in [5.74, 6) is -1.08. The van der Waals surface area contributed by atoms with E-state index in [-0.39, 0.29) is 5.69 Å². The lowest BCUT2D eigenvalue weighted by atomic mass is 10.2. The molecule has 0 fully saturated rings. The summed E-state index contributed by atoms with van der Waals surface area (Å²) in [6.45, 7) is 0.492. The number of aromatic nitrogens is 3. The number of halogens is 2. The number of benzene rings is 1. The molecule has 3 aromatic rings. The number of hydrogen-bond donors (Lipinski definition) is 2. The van der Waals surface area contributed by atoms with Gasteiger partial charge in [-0.25, -0.2) is 14.3 Å². The van der Waals surface area contributed by atoms with Crippen molar-refractivity contribution in [2.24, 2.45) is 0 Å². The zero-order valence-electron chi connectivity index (χ0n) is 11.1. The molecule has 8 heteroatoms. The van der Waals surface area contributed by atoms with Gasteiger partial charge in [-0.2, -0.15) is 5.10 Å². The Hall–Kier alpha value is -2.31. The van der Waals surface area contributed by atoms with E-state index in [0.717, 1.165) is 5.56 Å². The van der Waals surface area contributed by atoms with Gasteiger partial charge in [0.15, 0.2) is 11.3 Å². The van der Waals surface area contributed by atoms with Crippen LogP contribution < -0.4 is 5.32 Å². The number of carboxylic acids is 1. The van der Waals surface area contributed by atoms with Gasteiger partial charge in [0.2, 0.25) is 0 Å². The van der Waals surface area contributed by atoms with Gasteiger partial charge in [-0.15, -0.1) is 0 Å². The van der Waals surface area contributed by atoms with E-state index in [1.165, 1.54) is 16.9 Å². The van der Waals surface area contributed by atoms with E-state index in [1.807, 2.05) is 6.07 Å². The molecule has 0 atom stereocenters. The summed E-state index contributed by atoms with van der Waals surface area (Å²) >= 11 is 11.9. The third-order valence-electron chi connectivity index (χ3n) is 3.09. The average Bonchev–Trinajstić information content (AvgIpc) is 2.93. The Morgan fingerprint density at radius 1 is 1.27 bits per heavy atom. The molecule has 0 saturated heterocycles. The molecule has 2 aromatic heterocycles. The molecule has 1 aromatic carbocycles. The van der Waals surface area contributed by atoms with Crippen molar-refractivity contribution in [2.45, 2.75) is 6.54 Å². The molecule has 3 rings (SSSR count). The van der Waals surface area contributed by atoms with E-state index < -0.39 is 5.97 Å². The Balaban J connectivity index is 1.88. The van der Waals surface area contributed by atoms with Crippen LogP contribution in [0.15, 0.2) is 36.7 Å². The molecule has 0 unspecified atom stereocenters. The van der Waals surface area contributed by atoms with Gasteiger partial charge in [0, 0.05) is 6.54 Å². The summed E-state index contributed by atoms with van der Waals surface area (Å²) in [7, 11) is 0. The van der Waals surface area contributed by atoms with Crippen molar-refractivity contribution in [3.8, 4) is 0 Å². The first-order valence-electron chi connectivity index (χ1n) is 6.30. The molecular formula is C14H10Cl2N4O2. The summed E-state index contributed by atoms with van der Waals surface area (Å²) in [5, 5.41) is 17.2. The van der Waals surface area contributed by atoms with Crippen LogP contribution in [-0.2, 0) is 6.54 Å². The van der Waals surface area contributed by atoms with Gasteiger partial charge in [0.1, 0.15) is 0 Å². The van der Waals surface area contributed by atoms with Gasteiger partial charge in [0.05, 0.1) is 28.1 Å². The molecule has 0 aliphatic rings. The molecule has 6 nitrogen and oxygen atoms in total. The van der Waals surface area contributed by atoms with Crippen LogP contribution in [0.1, 0.15) is 16.1 Å². The molecule has 0 spiro atoms. The number of imidazole rings is 1. The first-order chi connectivity index (χ1) is 10.6. The Labute approximate surface area is 135 Å². The largest absolute Gasteiger partial charge is 0.476 e. The Morgan fingerprint density at radius 3 is 2.82 bits per heavy atom. The maximum absolute atomic E-state index is 11.1. The van der Waals surface area contributed by atoms with Crippen molar-refractivity contribution in [3.05, 3.63) is 58.0 Å². The predicted molar refractivity (Wildman–Crippen MR) is 83.7 cm³/mol. The number of rotatable bonds is 4. The predicted octanol–water partition coefficient (Wildman–Crippen LogP) is 3.35. The van der Waals surface area contributed by atoms with Crippen LogP contribution in [-0.4, -0.2) is 25.7 Å². The third-order valence-corrected chi connectivity index (χ3v) is 3.83. The Kier molecular flexibility index (Phi) is 3.87. The van der Waals surface area contributed by atoms with Crippen molar-refractivity contribution >= 4 is 40.5 Å². The molecule has 0 amide bonds. The van der Waals surface area contributed by atoms with E-state index in [0.29, 0.717) is 27.9 Å². The lowest BCUT2D eigenvalue weighted by molar-refractivity contribution is 0.0688.